The van der Waals surface area contributed by atoms with Crippen molar-refractivity contribution in [1.82, 2.24) is 0 Å². The van der Waals surface area contributed by atoms with E-state index in [1.165, 1.54) is 12.7 Å². The van der Waals surface area contributed by atoms with Gasteiger partial charge in [0.25, 0.3) is 0 Å². The summed E-state index contributed by atoms with van der Waals surface area (Å²) in [7, 11) is 1.25. The minimum absolute atomic E-state index is 0.0924. The van der Waals surface area contributed by atoms with Crippen LogP contribution in [-0.2, 0) is 22.4 Å². The molecule has 0 spiro atoms. The number of amides is 1. The number of fused-ring (bicyclic) bond motifs is 1. The van der Waals surface area contributed by atoms with Gasteiger partial charge in [-0.25, -0.2) is 4.79 Å². The lowest BCUT2D eigenvalue weighted by Gasteiger charge is -2.34. The van der Waals surface area contributed by atoms with Gasteiger partial charge >= 0.3 is 6.16 Å². The van der Waals surface area contributed by atoms with E-state index in [9.17, 15) is 9.59 Å². The summed E-state index contributed by atoms with van der Waals surface area (Å²) in [6.45, 7) is 4.69. The average molecular weight is 461 g/mol. The van der Waals surface area contributed by atoms with E-state index in [0.717, 1.165) is 27.7 Å². The molecule has 0 saturated carbocycles. The van der Waals surface area contributed by atoms with Crippen LogP contribution in [0, 0.1) is 12.8 Å². The van der Waals surface area contributed by atoms with Crippen LogP contribution < -0.4 is 15.4 Å². The first kappa shape index (κ1) is 21.3. The number of para-hydroxylation sites is 1. The SMILES string of the molecule is COC(=O)Oc1cc(C)c(C[C@H](N)C(=O)N2CC(C)Cc3ccccc32)c(Br)c1. The minimum Gasteiger partial charge on any atom is -0.437 e. The molecule has 0 bridgehead atoms. The number of ether oxygens (including phenoxy) is 2. The van der Waals surface area contributed by atoms with E-state index in [1.54, 1.807) is 12.1 Å². The highest BCUT2D eigenvalue weighted by atomic mass is 79.9. The smallest absolute Gasteiger partial charge is 0.437 e. The molecule has 2 N–H and O–H groups in total. The number of benzene rings is 2. The van der Waals surface area contributed by atoms with Crippen LogP contribution in [0.3, 0.4) is 0 Å². The summed E-state index contributed by atoms with van der Waals surface area (Å²) in [5.41, 5.74) is 10.2. The highest BCUT2D eigenvalue weighted by molar-refractivity contribution is 9.10. The highest BCUT2D eigenvalue weighted by Gasteiger charge is 2.30. The number of hydrogen-bond acceptors (Lipinski definition) is 5. The van der Waals surface area contributed by atoms with Gasteiger partial charge in [-0.3, -0.25) is 4.79 Å². The number of methoxy groups -OCH3 is 1. The topological polar surface area (TPSA) is 81.9 Å². The van der Waals surface area contributed by atoms with Crippen molar-refractivity contribution in [1.29, 1.82) is 0 Å². The maximum atomic E-state index is 13.2. The van der Waals surface area contributed by atoms with Crippen LogP contribution in [0.1, 0.15) is 23.6 Å². The molecule has 1 amide bonds. The number of nitrogens with zero attached hydrogens (tertiary/aromatic N) is 1. The lowest BCUT2D eigenvalue weighted by Crippen LogP contribution is -2.48. The molecule has 0 aromatic heterocycles. The first-order valence-electron chi connectivity index (χ1n) is 9.49. The third kappa shape index (κ3) is 4.79. The molecular formula is C22H25BrN2O4. The van der Waals surface area contributed by atoms with Crippen LogP contribution in [0.5, 0.6) is 5.75 Å². The molecule has 1 heterocycles. The van der Waals surface area contributed by atoms with Gasteiger partial charge in [0.15, 0.2) is 0 Å². The second-order valence-electron chi connectivity index (χ2n) is 7.45. The highest BCUT2D eigenvalue weighted by Crippen LogP contribution is 2.31. The van der Waals surface area contributed by atoms with Gasteiger partial charge in [0.05, 0.1) is 13.2 Å². The van der Waals surface area contributed by atoms with Crippen LogP contribution in [0.15, 0.2) is 40.9 Å². The van der Waals surface area contributed by atoms with E-state index in [0.29, 0.717) is 24.6 Å². The third-order valence-corrected chi connectivity index (χ3v) is 5.82. The van der Waals surface area contributed by atoms with E-state index in [-0.39, 0.29) is 5.91 Å². The van der Waals surface area contributed by atoms with Crippen molar-refractivity contribution in [2.75, 3.05) is 18.6 Å². The first-order valence-corrected chi connectivity index (χ1v) is 10.3. The molecule has 0 aliphatic carbocycles. The summed E-state index contributed by atoms with van der Waals surface area (Å²) >= 11 is 3.51. The Morgan fingerprint density at radius 2 is 2.03 bits per heavy atom. The summed E-state index contributed by atoms with van der Waals surface area (Å²) in [5.74, 6) is 0.651. The van der Waals surface area contributed by atoms with Gasteiger partial charge in [-0.1, -0.05) is 41.1 Å². The van der Waals surface area contributed by atoms with Gasteiger partial charge in [-0.2, -0.15) is 0 Å². The molecule has 7 heteroatoms. The van der Waals surface area contributed by atoms with E-state index in [2.05, 4.69) is 33.7 Å². The number of rotatable bonds is 4. The molecule has 0 radical (unpaired) electrons. The molecule has 154 valence electrons. The lowest BCUT2D eigenvalue weighted by atomic mass is 9.92. The van der Waals surface area contributed by atoms with E-state index in [1.807, 2.05) is 30.0 Å². The van der Waals surface area contributed by atoms with Crippen LogP contribution in [0.4, 0.5) is 10.5 Å². The normalized spacial score (nSPS) is 16.7. The van der Waals surface area contributed by atoms with Crippen molar-refractivity contribution in [2.45, 2.75) is 32.7 Å². The van der Waals surface area contributed by atoms with Crippen LogP contribution >= 0.6 is 15.9 Å². The fourth-order valence-electron chi connectivity index (χ4n) is 3.71. The molecule has 6 nitrogen and oxygen atoms in total. The number of halogens is 1. The van der Waals surface area contributed by atoms with Gasteiger partial charge < -0.3 is 20.1 Å². The van der Waals surface area contributed by atoms with Crippen molar-refractivity contribution in [3.63, 3.8) is 0 Å². The van der Waals surface area contributed by atoms with Crippen LogP contribution in [0.2, 0.25) is 0 Å². The average Bonchev–Trinajstić information content (AvgIpc) is 2.69. The second-order valence-corrected chi connectivity index (χ2v) is 8.31. The minimum atomic E-state index is -0.784. The monoisotopic (exact) mass is 460 g/mol. The zero-order valence-corrected chi connectivity index (χ0v) is 18.4. The quantitative estimate of drug-likeness (QED) is 0.550. The van der Waals surface area contributed by atoms with Crippen molar-refractivity contribution in [2.24, 2.45) is 11.7 Å². The summed E-state index contributed by atoms with van der Waals surface area (Å²) in [5, 5.41) is 0. The van der Waals surface area contributed by atoms with Gasteiger partial charge in [0, 0.05) is 16.7 Å². The molecule has 1 unspecified atom stereocenters. The Balaban J connectivity index is 1.79. The van der Waals surface area contributed by atoms with Gasteiger partial charge in [-0.05, 0) is 60.6 Å². The summed E-state index contributed by atoms with van der Waals surface area (Å²) in [6.07, 6.45) is 0.548. The fraction of sp³-hybridized carbons (Fsp3) is 0.364. The fourth-order valence-corrected chi connectivity index (χ4v) is 4.41. The Morgan fingerprint density at radius 3 is 2.72 bits per heavy atom. The van der Waals surface area contributed by atoms with Crippen molar-refractivity contribution in [3.8, 4) is 5.75 Å². The molecular weight excluding hydrogens is 436 g/mol. The Morgan fingerprint density at radius 1 is 1.31 bits per heavy atom. The van der Waals surface area contributed by atoms with Gasteiger partial charge in [-0.15, -0.1) is 0 Å². The predicted octanol–water partition coefficient (Wildman–Crippen LogP) is 4.00. The number of hydrogen-bond donors (Lipinski definition) is 1. The number of carbonyl (C=O) groups excluding carboxylic acids is 2. The summed E-state index contributed by atoms with van der Waals surface area (Å²) < 4.78 is 10.3. The van der Waals surface area contributed by atoms with E-state index in [4.69, 9.17) is 10.5 Å². The first-order chi connectivity index (χ1) is 13.8. The Kier molecular flexibility index (Phi) is 6.59. The number of carbonyl (C=O) groups is 2. The standard InChI is InChI=1S/C22H25BrN2O4/c1-13-8-15-6-4-5-7-20(15)25(12-13)21(26)19(24)11-17-14(2)9-16(10-18(17)23)29-22(27)28-3/h4-7,9-10,13,19H,8,11-12,24H2,1-3H3/t13?,19-/m0/s1. The Hall–Kier alpha value is -2.38. The summed E-state index contributed by atoms with van der Waals surface area (Å²) in [4.78, 5) is 26.3. The zero-order chi connectivity index (χ0) is 21.1. The maximum absolute atomic E-state index is 13.2. The van der Waals surface area contributed by atoms with E-state index < -0.39 is 12.2 Å². The zero-order valence-electron chi connectivity index (χ0n) is 16.8. The van der Waals surface area contributed by atoms with E-state index >= 15 is 0 Å². The van der Waals surface area contributed by atoms with Crippen LogP contribution in [0.25, 0.3) is 0 Å². The molecule has 29 heavy (non-hydrogen) atoms. The lowest BCUT2D eigenvalue weighted by molar-refractivity contribution is -0.120. The number of aryl methyl sites for hydroxylation is 1. The van der Waals surface area contributed by atoms with Crippen LogP contribution in [-0.4, -0.2) is 31.8 Å². The molecule has 0 saturated heterocycles. The molecule has 1 aliphatic heterocycles. The molecule has 3 rings (SSSR count). The number of nitrogens with two attached hydrogens (primary N) is 1. The predicted molar refractivity (Wildman–Crippen MR) is 115 cm³/mol. The molecule has 1 aliphatic rings. The Bertz CT molecular complexity index is 908. The maximum Gasteiger partial charge on any atom is 0.513 e. The second kappa shape index (κ2) is 8.97. The summed E-state index contributed by atoms with van der Waals surface area (Å²) in [6, 6.07) is 10.7. The van der Waals surface area contributed by atoms with Crippen molar-refractivity contribution in [3.05, 3.63) is 57.6 Å². The number of anilines is 1. The largest absolute Gasteiger partial charge is 0.513 e. The molecule has 0 fully saturated rings. The molecule has 2 aromatic carbocycles. The molecule has 2 atom stereocenters. The van der Waals surface area contributed by atoms with Crippen molar-refractivity contribution >= 4 is 33.7 Å². The van der Waals surface area contributed by atoms with Crippen molar-refractivity contribution < 1.29 is 19.1 Å². The van der Waals surface area contributed by atoms with Gasteiger partial charge in [0.2, 0.25) is 5.91 Å². The Labute approximate surface area is 179 Å². The van der Waals surface area contributed by atoms with Gasteiger partial charge in [0.1, 0.15) is 5.75 Å². The molecule has 2 aromatic rings. The third-order valence-electron chi connectivity index (χ3n) is 5.11.